The number of allylic oxidation sites excluding steroid dienone is 1. The molecule has 0 spiro atoms. The molecular formula is C30H27BrN2O5S. The third-order valence-electron chi connectivity index (χ3n) is 6.11. The number of halogens is 1. The number of hydrogen-bond acceptors (Lipinski definition) is 7. The maximum atomic E-state index is 13.8. The Morgan fingerprint density at radius 2 is 1.85 bits per heavy atom. The first kappa shape index (κ1) is 26.9. The summed E-state index contributed by atoms with van der Waals surface area (Å²) in [5, 5.41) is 0. The molecule has 0 amide bonds. The van der Waals surface area contributed by atoms with Crippen LogP contribution >= 0.6 is 27.3 Å². The quantitative estimate of drug-likeness (QED) is 0.255. The lowest BCUT2D eigenvalue weighted by molar-refractivity contribution is -0.139. The average molecular weight is 608 g/mol. The second-order valence-electron chi connectivity index (χ2n) is 9.25. The molecule has 0 radical (unpaired) electrons. The molecule has 39 heavy (non-hydrogen) atoms. The molecule has 0 bridgehead atoms. The van der Waals surface area contributed by atoms with E-state index in [-0.39, 0.29) is 18.3 Å². The highest BCUT2D eigenvalue weighted by molar-refractivity contribution is 9.10. The summed E-state index contributed by atoms with van der Waals surface area (Å²) in [4.78, 5) is 32.0. The van der Waals surface area contributed by atoms with Crippen LogP contribution in [0.25, 0.3) is 17.4 Å². The number of carbonyl (C=O) groups is 1. The summed E-state index contributed by atoms with van der Waals surface area (Å²) in [6.07, 6.45) is 1.74. The first-order valence-corrected chi connectivity index (χ1v) is 14.2. The van der Waals surface area contributed by atoms with Gasteiger partial charge >= 0.3 is 5.97 Å². The van der Waals surface area contributed by atoms with Gasteiger partial charge in [-0.15, -0.1) is 0 Å². The first-order valence-electron chi connectivity index (χ1n) is 12.6. The van der Waals surface area contributed by atoms with Gasteiger partial charge in [-0.1, -0.05) is 51.5 Å². The smallest absolute Gasteiger partial charge is 0.338 e. The number of aromatic nitrogens is 1. The van der Waals surface area contributed by atoms with Crippen LogP contribution in [0.5, 0.6) is 5.75 Å². The van der Waals surface area contributed by atoms with Gasteiger partial charge in [0.2, 0.25) is 0 Å². The Morgan fingerprint density at radius 1 is 1.13 bits per heavy atom. The molecule has 9 heteroatoms. The summed E-state index contributed by atoms with van der Waals surface area (Å²) in [5.74, 6) is 1.46. The second-order valence-corrected chi connectivity index (χ2v) is 11.2. The van der Waals surface area contributed by atoms with Crippen LogP contribution in [0.15, 0.2) is 90.6 Å². The van der Waals surface area contributed by atoms with Gasteiger partial charge in [-0.3, -0.25) is 9.36 Å². The lowest BCUT2D eigenvalue weighted by Gasteiger charge is -2.25. The molecule has 4 aromatic rings. The SMILES string of the molecule is CCOC(=O)C1=C(C)N=c2s/c(=C\c3ccc(-c4ccc(Br)cc4)o3)c(=O)n2[C@@H]1c1ccc(OC(C)C)cc1. The van der Waals surface area contributed by atoms with Crippen LogP contribution in [0.1, 0.15) is 45.1 Å². The molecule has 200 valence electrons. The minimum absolute atomic E-state index is 0.0247. The number of ether oxygens (including phenoxy) is 2. The highest BCUT2D eigenvalue weighted by Crippen LogP contribution is 2.32. The maximum absolute atomic E-state index is 13.8. The Kier molecular flexibility index (Phi) is 7.72. The highest BCUT2D eigenvalue weighted by Gasteiger charge is 2.33. The molecule has 0 N–H and O–H groups in total. The average Bonchev–Trinajstić information content (AvgIpc) is 3.48. The van der Waals surface area contributed by atoms with E-state index in [2.05, 4.69) is 20.9 Å². The van der Waals surface area contributed by atoms with Crippen LogP contribution in [-0.4, -0.2) is 23.2 Å². The van der Waals surface area contributed by atoms with E-state index in [0.717, 1.165) is 15.6 Å². The van der Waals surface area contributed by atoms with Crippen molar-refractivity contribution >= 4 is 39.3 Å². The predicted molar refractivity (Wildman–Crippen MR) is 154 cm³/mol. The van der Waals surface area contributed by atoms with Gasteiger partial charge in [0.25, 0.3) is 5.56 Å². The van der Waals surface area contributed by atoms with Gasteiger partial charge in [-0.2, -0.15) is 0 Å². The molecule has 0 saturated heterocycles. The van der Waals surface area contributed by atoms with Gasteiger partial charge in [0.1, 0.15) is 17.3 Å². The Labute approximate surface area is 237 Å². The van der Waals surface area contributed by atoms with Gasteiger partial charge in [0, 0.05) is 16.1 Å². The van der Waals surface area contributed by atoms with Crippen LogP contribution in [0.4, 0.5) is 0 Å². The zero-order valence-electron chi connectivity index (χ0n) is 21.9. The number of fused-ring (bicyclic) bond motifs is 1. The lowest BCUT2D eigenvalue weighted by atomic mass is 9.96. The van der Waals surface area contributed by atoms with E-state index in [9.17, 15) is 9.59 Å². The summed E-state index contributed by atoms with van der Waals surface area (Å²) in [6.45, 7) is 7.65. The Morgan fingerprint density at radius 3 is 2.51 bits per heavy atom. The van der Waals surface area contributed by atoms with Crippen LogP contribution < -0.4 is 19.6 Å². The number of rotatable bonds is 7. The third-order valence-corrected chi connectivity index (χ3v) is 7.63. The predicted octanol–water partition coefficient (Wildman–Crippen LogP) is 5.61. The summed E-state index contributed by atoms with van der Waals surface area (Å²) in [7, 11) is 0. The topological polar surface area (TPSA) is 83.0 Å². The zero-order chi connectivity index (χ0) is 27.7. The zero-order valence-corrected chi connectivity index (χ0v) is 24.3. The minimum atomic E-state index is -0.689. The lowest BCUT2D eigenvalue weighted by Crippen LogP contribution is -2.39. The third kappa shape index (κ3) is 5.55. The molecule has 1 aliphatic heterocycles. The largest absolute Gasteiger partial charge is 0.491 e. The fraction of sp³-hybridized carbons (Fsp3) is 0.233. The Hall–Kier alpha value is -3.69. The molecule has 3 heterocycles. The van der Waals surface area contributed by atoms with Crippen LogP contribution in [0.3, 0.4) is 0 Å². The van der Waals surface area contributed by atoms with Crippen LogP contribution in [0.2, 0.25) is 0 Å². The molecule has 7 nitrogen and oxygen atoms in total. The molecule has 2 aromatic heterocycles. The fourth-order valence-electron chi connectivity index (χ4n) is 4.44. The maximum Gasteiger partial charge on any atom is 0.338 e. The van der Waals surface area contributed by atoms with Crippen molar-refractivity contribution in [3.63, 3.8) is 0 Å². The molecular weight excluding hydrogens is 580 g/mol. The van der Waals surface area contributed by atoms with Crippen molar-refractivity contribution in [2.75, 3.05) is 6.61 Å². The molecule has 0 saturated carbocycles. The van der Waals surface area contributed by atoms with E-state index in [4.69, 9.17) is 13.9 Å². The molecule has 1 atom stereocenters. The van der Waals surface area contributed by atoms with Gasteiger partial charge in [0.15, 0.2) is 4.80 Å². The molecule has 0 fully saturated rings. The fourth-order valence-corrected chi connectivity index (χ4v) is 5.73. The van der Waals surface area contributed by atoms with Crippen LogP contribution in [-0.2, 0) is 9.53 Å². The van der Waals surface area contributed by atoms with Crippen molar-refractivity contribution in [1.82, 2.24) is 4.57 Å². The highest BCUT2D eigenvalue weighted by atomic mass is 79.9. The number of nitrogens with zero attached hydrogens (tertiary/aromatic N) is 2. The molecule has 2 aromatic carbocycles. The number of furan rings is 1. The van der Waals surface area contributed by atoms with Gasteiger partial charge in [-0.25, -0.2) is 9.79 Å². The van der Waals surface area contributed by atoms with Gasteiger partial charge in [0.05, 0.1) is 34.6 Å². The standard InChI is InChI=1S/C30H27BrN2O5S/c1-5-36-29(35)26-18(4)32-30-33(27(26)20-8-12-22(13-9-20)37-17(2)3)28(34)25(39-30)16-23-14-15-24(38-23)19-6-10-21(31)11-7-19/h6-17,27H,5H2,1-4H3/b25-16-/t27-/m1/s1. The number of hydrogen-bond donors (Lipinski definition) is 0. The van der Waals surface area contributed by atoms with E-state index in [1.807, 2.05) is 74.5 Å². The van der Waals surface area contributed by atoms with Crippen molar-refractivity contribution in [3.8, 4) is 17.1 Å². The van der Waals surface area contributed by atoms with Crippen molar-refractivity contribution in [3.05, 3.63) is 107 Å². The van der Waals surface area contributed by atoms with Gasteiger partial charge < -0.3 is 13.9 Å². The Balaban J connectivity index is 1.60. The molecule has 0 aliphatic carbocycles. The number of esters is 1. The minimum Gasteiger partial charge on any atom is -0.491 e. The van der Waals surface area contributed by atoms with Crippen molar-refractivity contribution < 1.29 is 18.7 Å². The number of carbonyl (C=O) groups excluding carboxylic acids is 1. The summed E-state index contributed by atoms with van der Waals surface area (Å²) in [6, 6.07) is 18.2. The Bertz CT molecular complexity index is 1730. The van der Waals surface area contributed by atoms with Crippen molar-refractivity contribution in [1.29, 1.82) is 0 Å². The first-order chi connectivity index (χ1) is 18.7. The molecule has 1 aliphatic rings. The van der Waals surface area contributed by atoms with Crippen molar-refractivity contribution in [2.45, 2.75) is 39.8 Å². The van der Waals surface area contributed by atoms with Gasteiger partial charge in [-0.05, 0) is 69.7 Å². The molecule has 0 unspecified atom stereocenters. The number of benzene rings is 2. The van der Waals surface area contributed by atoms with E-state index >= 15 is 0 Å². The molecule has 5 rings (SSSR count). The van der Waals surface area contributed by atoms with E-state index < -0.39 is 12.0 Å². The summed E-state index contributed by atoms with van der Waals surface area (Å²) in [5.41, 5.74) is 2.28. The number of thiazole rings is 1. The van der Waals surface area contributed by atoms with E-state index in [1.54, 1.807) is 24.5 Å². The van der Waals surface area contributed by atoms with Crippen LogP contribution in [0, 0.1) is 0 Å². The van der Waals surface area contributed by atoms with E-state index in [0.29, 0.717) is 37.9 Å². The summed E-state index contributed by atoms with van der Waals surface area (Å²) >= 11 is 4.70. The second kappa shape index (κ2) is 11.2. The normalized spacial score (nSPS) is 15.3. The van der Waals surface area contributed by atoms with Crippen molar-refractivity contribution in [2.24, 2.45) is 4.99 Å². The summed E-state index contributed by atoms with van der Waals surface area (Å²) < 4.78 is 20.2. The van der Waals surface area contributed by atoms with E-state index in [1.165, 1.54) is 11.3 Å². The monoisotopic (exact) mass is 606 g/mol.